The van der Waals surface area contributed by atoms with E-state index in [1.54, 1.807) is 18.3 Å². The number of hydrogen-bond acceptors (Lipinski definition) is 7. The Morgan fingerprint density at radius 1 is 1.44 bits per heavy atom. The lowest BCUT2D eigenvalue weighted by molar-refractivity contribution is -0.384. The van der Waals surface area contributed by atoms with Crippen LogP contribution in [0.15, 0.2) is 24.4 Å². The molecule has 2 atom stereocenters. The highest BCUT2D eigenvalue weighted by atomic mass is 35.5. The first-order valence-corrected chi connectivity index (χ1v) is 9.14. The second kappa shape index (κ2) is 7.55. The van der Waals surface area contributed by atoms with Crippen molar-refractivity contribution in [3.05, 3.63) is 43.9 Å². The van der Waals surface area contributed by atoms with Crippen LogP contribution in [0.3, 0.4) is 0 Å². The number of rotatable bonds is 5. The lowest BCUT2D eigenvalue weighted by Gasteiger charge is -2.36. The Morgan fingerprint density at radius 3 is 2.76 bits per heavy atom. The Hall–Kier alpha value is -1.90. The van der Waals surface area contributed by atoms with Gasteiger partial charge in [0.25, 0.3) is 5.69 Å². The third-order valence-electron chi connectivity index (χ3n) is 3.92. The van der Waals surface area contributed by atoms with Crippen molar-refractivity contribution in [2.24, 2.45) is 0 Å². The number of ether oxygens (including phenoxy) is 1. The second-order valence-electron chi connectivity index (χ2n) is 6.06. The molecule has 2 aromatic rings. The molecule has 7 nitrogen and oxygen atoms in total. The smallest absolute Gasteiger partial charge is 0.294 e. The Kier molecular flexibility index (Phi) is 5.41. The largest absolute Gasteiger partial charge is 0.380 e. The van der Waals surface area contributed by atoms with E-state index in [0.717, 1.165) is 4.88 Å². The van der Waals surface area contributed by atoms with E-state index in [1.807, 2.05) is 24.8 Å². The van der Waals surface area contributed by atoms with Crippen molar-refractivity contribution in [2.75, 3.05) is 23.3 Å². The van der Waals surface area contributed by atoms with Gasteiger partial charge in [0.15, 0.2) is 4.47 Å². The van der Waals surface area contributed by atoms with Crippen molar-refractivity contribution < 1.29 is 9.66 Å². The molecule has 1 N–H and O–H groups in total. The lowest BCUT2D eigenvalue weighted by Crippen LogP contribution is -2.45. The number of nitro groups is 1. The van der Waals surface area contributed by atoms with E-state index in [1.165, 1.54) is 11.3 Å². The van der Waals surface area contributed by atoms with Crippen molar-refractivity contribution in [3.8, 4) is 0 Å². The zero-order chi connectivity index (χ0) is 18.0. The Labute approximate surface area is 154 Å². The van der Waals surface area contributed by atoms with E-state index in [9.17, 15) is 10.1 Å². The number of morpholine rings is 1. The van der Waals surface area contributed by atoms with Crippen LogP contribution in [0.2, 0.25) is 4.47 Å². The molecule has 0 saturated carbocycles. The molecule has 1 aliphatic rings. The quantitative estimate of drug-likeness (QED) is 0.623. The van der Waals surface area contributed by atoms with Crippen molar-refractivity contribution >= 4 is 40.0 Å². The van der Waals surface area contributed by atoms with Crippen molar-refractivity contribution in [1.29, 1.82) is 0 Å². The molecule has 2 heterocycles. The van der Waals surface area contributed by atoms with Gasteiger partial charge >= 0.3 is 0 Å². The van der Waals surface area contributed by atoms with E-state index in [2.05, 4.69) is 10.3 Å². The van der Waals surface area contributed by atoms with Crippen LogP contribution in [-0.2, 0) is 11.3 Å². The van der Waals surface area contributed by atoms with Crippen LogP contribution >= 0.6 is 22.9 Å². The summed E-state index contributed by atoms with van der Waals surface area (Å²) < 4.78 is 6.19. The predicted molar refractivity (Wildman–Crippen MR) is 99.8 cm³/mol. The molecule has 2 unspecified atom stereocenters. The minimum absolute atomic E-state index is 0.0391. The fraction of sp³-hybridized carbons (Fsp3) is 0.438. The summed E-state index contributed by atoms with van der Waals surface area (Å²) in [6.07, 6.45) is 1.77. The minimum atomic E-state index is -0.338. The number of thiazole rings is 1. The van der Waals surface area contributed by atoms with Crippen molar-refractivity contribution in [1.82, 2.24) is 4.98 Å². The van der Waals surface area contributed by atoms with Crippen LogP contribution in [0.5, 0.6) is 0 Å². The monoisotopic (exact) mass is 382 g/mol. The summed E-state index contributed by atoms with van der Waals surface area (Å²) in [7, 11) is 0. The maximum atomic E-state index is 11.6. The summed E-state index contributed by atoms with van der Waals surface area (Å²) in [5.41, 5.74) is 1.40. The van der Waals surface area contributed by atoms with Gasteiger partial charge in [-0.3, -0.25) is 10.1 Å². The molecule has 1 aromatic heterocycles. The Bertz CT molecular complexity index is 760. The van der Waals surface area contributed by atoms with Gasteiger partial charge < -0.3 is 15.0 Å². The molecule has 1 aromatic carbocycles. The van der Waals surface area contributed by atoms with E-state index >= 15 is 0 Å². The number of nitrogens with one attached hydrogen (secondary N) is 1. The SMILES string of the molecule is CC1CN(c2ccc(NCc3cnc(Cl)s3)cc2[N+](=O)[O-])CC(C)O1. The molecular weight excluding hydrogens is 364 g/mol. The number of aromatic nitrogens is 1. The first-order valence-electron chi connectivity index (χ1n) is 7.95. The van der Waals surface area contributed by atoms with Crippen molar-refractivity contribution in [2.45, 2.75) is 32.6 Å². The van der Waals surface area contributed by atoms with Crippen LogP contribution < -0.4 is 10.2 Å². The molecule has 0 aliphatic carbocycles. The fourth-order valence-electron chi connectivity index (χ4n) is 2.98. The van der Waals surface area contributed by atoms with E-state index in [0.29, 0.717) is 35.5 Å². The van der Waals surface area contributed by atoms with Gasteiger partial charge in [0, 0.05) is 35.9 Å². The average molecular weight is 383 g/mol. The molecule has 134 valence electrons. The Balaban J connectivity index is 1.79. The van der Waals surface area contributed by atoms with Gasteiger partial charge in [-0.15, -0.1) is 11.3 Å². The zero-order valence-electron chi connectivity index (χ0n) is 13.9. The molecule has 1 fully saturated rings. The number of benzene rings is 1. The average Bonchev–Trinajstić information content (AvgIpc) is 2.97. The fourth-order valence-corrected chi connectivity index (χ4v) is 3.89. The highest BCUT2D eigenvalue weighted by Crippen LogP contribution is 2.33. The molecule has 0 radical (unpaired) electrons. The maximum Gasteiger partial charge on any atom is 0.294 e. The van der Waals surface area contributed by atoms with Crippen LogP contribution in [-0.4, -0.2) is 35.2 Å². The van der Waals surface area contributed by atoms with Gasteiger partial charge in [0.2, 0.25) is 0 Å². The highest BCUT2D eigenvalue weighted by molar-refractivity contribution is 7.15. The molecule has 3 rings (SSSR count). The van der Waals surface area contributed by atoms with Gasteiger partial charge in [-0.2, -0.15) is 0 Å². The molecular formula is C16H19ClN4O3S. The van der Waals surface area contributed by atoms with Gasteiger partial charge in [-0.25, -0.2) is 4.98 Å². The third-order valence-corrected chi connectivity index (χ3v) is 5.04. The van der Waals surface area contributed by atoms with E-state index in [-0.39, 0.29) is 22.8 Å². The third kappa shape index (κ3) is 4.39. The number of nitro benzene ring substituents is 1. The number of nitrogens with zero attached hydrogens (tertiary/aromatic N) is 3. The van der Waals surface area contributed by atoms with Crippen LogP contribution in [0.1, 0.15) is 18.7 Å². The summed E-state index contributed by atoms with van der Waals surface area (Å²) in [6.45, 7) is 5.75. The lowest BCUT2D eigenvalue weighted by atomic mass is 10.1. The Morgan fingerprint density at radius 2 is 2.16 bits per heavy atom. The number of halogens is 1. The molecule has 1 saturated heterocycles. The minimum Gasteiger partial charge on any atom is -0.380 e. The van der Waals surface area contributed by atoms with Gasteiger partial charge in [0.05, 0.1) is 23.7 Å². The van der Waals surface area contributed by atoms with Gasteiger partial charge in [-0.1, -0.05) is 11.6 Å². The van der Waals surface area contributed by atoms with Crippen LogP contribution in [0.4, 0.5) is 17.1 Å². The van der Waals surface area contributed by atoms with E-state index in [4.69, 9.17) is 16.3 Å². The summed E-state index contributed by atoms with van der Waals surface area (Å²) in [6, 6.07) is 5.23. The predicted octanol–water partition coefficient (Wildman–Crippen LogP) is 3.93. The molecule has 0 spiro atoms. The standard InChI is InChI=1S/C16H19ClN4O3S/c1-10-8-20(9-11(2)24-10)14-4-3-12(5-15(14)21(22)23)18-6-13-7-19-16(17)25-13/h3-5,7,10-11,18H,6,8-9H2,1-2H3. The summed E-state index contributed by atoms with van der Waals surface area (Å²) in [5, 5.41) is 14.7. The number of anilines is 2. The topological polar surface area (TPSA) is 80.5 Å². The maximum absolute atomic E-state index is 11.6. The highest BCUT2D eigenvalue weighted by Gasteiger charge is 2.27. The van der Waals surface area contributed by atoms with Gasteiger partial charge in [0.1, 0.15) is 5.69 Å². The summed E-state index contributed by atoms with van der Waals surface area (Å²) in [4.78, 5) is 18.2. The molecule has 0 amide bonds. The normalized spacial score (nSPS) is 20.5. The van der Waals surface area contributed by atoms with Gasteiger partial charge in [-0.05, 0) is 26.0 Å². The molecule has 25 heavy (non-hydrogen) atoms. The van der Waals surface area contributed by atoms with Crippen LogP contribution in [0.25, 0.3) is 0 Å². The molecule has 0 bridgehead atoms. The second-order valence-corrected chi connectivity index (χ2v) is 7.75. The first kappa shape index (κ1) is 17.9. The van der Waals surface area contributed by atoms with Crippen LogP contribution in [0, 0.1) is 10.1 Å². The zero-order valence-corrected chi connectivity index (χ0v) is 15.5. The van der Waals surface area contributed by atoms with Crippen molar-refractivity contribution in [3.63, 3.8) is 0 Å². The summed E-state index contributed by atoms with van der Waals surface area (Å²) in [5.74, 6) is 0. The molecule has 1 aliphatic heterocycles. The molecule has 9 heteroatoms. The first-order chi connectivity index (χ1) is 11.9. The van der Waals surface area contributed by atoms with E-state index < -0.39 is 0 Å². The summed E-state index contributed by atoms with van der Waals surface area (Å²) >= 11 is 7.19. The number of hydrogen-bond donors (Lipinski definition) is 1.